The normalized spacial score (nSPS) is 20.8. The first-order chi connectivity index (χ1) is 9.35. The number of carbonyl (C=O) groups excluding carboxylic acids is 1. The smallest absolute Gasteiger partial charge is 0.323 e. The molecule has 1 unspecified atom stereocenters. The highest BCUT2D eigenvalue weighted by atomic mass is 32.2. The molecule has 0 aromatic carbocycles. The van der Waals surface area contributed by atoms with Crippen LogP contribution in [-0.2, 0) is 19.4 Å². The van der Waals surface area contributed by atoms with Crippen LogP contribution in [0.25, 0.3) is 0 Å². The van der Waals surface area contributed by atoms with Gasteiger partial charge >= 0.3 is 5.97 Å². The molecule has 1 aliphatic rings. The Balaban J connectivity index is 2.60. The number of hydrogen-bond acceptors (Lipinski definition) is 4. The molecule has 0 aliphatic carbocycles. The zero-order valence-corrected chi connectivity index (χ0v) is 12.7. The van der Waals surface area contributed by atoms with E-state index in [9.17, 15) is 18.0 Å². The summed E-state index contributed by atoms with van der Waals surface area (Å²) in [6, 6.07) is -0.477. The number of carbonyl (C=O) groups is 2. The second-order valence-corrected chi connectivity index (χ2v) is 7.51. The van der Waals surface area contributed by atoms with E-state index in [1.165, 1.54) is 4.90 Å². The maximum atomic E-state index is 12.1. The van der Waals surface area contributed by atoms with E-state index in [1.54, 1.807) is 0 Å². The van der Waals surface area contributed by atoms with Gasteiger partial charge in [-0.25, -0.2) is 8.42 Å². The van der Waals surface area contributed by atoms with Gasteiger partial charge in [-0.05, 0) is 12.8 Å². The van der Waals surface area contributed by atoms with Crippen molar-refractivity contribution in [3.05, 3.63) is 0 Å². The lowest BCUT2D eigenvalue weighted by molar-refractivity contribution is -0.146. The monoisotopic (exact) mass is 305 g/mol. The highest BCUT2D eigenvalue weighted by molar-refractivity contribution is 7.91. The van der Waals surface area contributed by atoms with Crippen LogP contribution in [0.1, 0.15) is 45.4 Å². The number of aliphatic carboxylic acids is 1. The van der Waals surface area contributed by atoms with Crippen LogP contribution >= 0.6 is 0 Å². The topological polar surface area (TPSA) is 91.8 Å². The Labute approximate surface area is 120 Å². The zero-order valence-electron chi connectivity index (χ0n) is 11.9. The molecule has 0 saturated carbocycles. The van der Waals surface area contributed by atoms with E-state index in [4.69, 9.17) is 5.11 Å². The van der Waals surface area contributed by atoms with Gasteiger partial charge in [-0.15, -0.1) is 0 Å². The summed E-state index contributed by atoms with van der Waals surface area (Å²) >= 11 is 0. The molecule has 1 heterocycles. The Morgan fingerprint density at radius 1 is 1.25 bits per heavy atom. The molecule has 1 saturated heterocycles. The fourth-order valence-corrected chi connectivity index (χ4v) is 4.17. The fraction of sp³-hybridized carbons (Fsp3) is 0.846. The Kier molecular flexibility index (Phi) is 6.45. The number of carboxylic acid groups (broad SMARTS) is 1. The quantitative estimate of drug-likeness (QED) is 0.677. The third-order valence-corrected chi connectivity index (χ3v) is 5.27. The number of unbranched alkanes of at least 4 members (excludes halogenated alkanes) is 3. The van der Waals surface area contributed by atoms with Gasteiger partial charge in [0.2, 0.25) is 5.91 Å². The third-order valence-electron chi connectivity index (χ3n) is 3.52. The fourth-order valence-electron chi connectivity index (χ4n) is 2.43. The van der Waals surface area contributed by atoms with Crippen molar-refractivity contribution in [2.45, 2.75) is 51.5 Å². The van der Waals surface area contributed by atoms with Crippen LogP contribution in [0.15, 0.2) is 0 Å². The molecule has 1 atom stereocenters. The predicted molar refractivity (Wildman–Crippen MR) is 75.2 cm³/mol. The molecule has 1 amide bonds. The summed E-state index contributed by atoms with van der Waals surface area (Å²) in [7, 11) is -3.13. The number of carboxylic acids is 1. The molecule has 1 fully saturated rings. The van der Waals surface area contributed by atoms with Gasteiger partial charge < -0.3 is 10.0 Å². The van der Waals surface area contributed by atoms with Crippen molar-refractivity contribution in [2.24, 2.45) is 0 Å². The molecule has 7 heteroatoms. The van der Waals surface area contributed by atoms with Crippen LogP contribution in [0, 0.1) is 0 Å². The van der Waals surface area contributed by atoms with Crippen molar-refractivity contribution in [3.63, 3.8) is 0 Å². The van der Waals surface area contributed by atoms with Gasteiger partial charge in [-0.3, -0.25) is 9.59 Å². The Hall–Kier alpha value is -1.11. The van der Waals surface area contributed by atoms with Crippen LogP contribution in [0.5, 0.6) is 0 Å². The largest absolute Gasteiger partial charge is 0.480 e. The average Bonchev–Trinajstić information content (AvgIpc) is 2.71. The highest BCUT2D eigenvalue weighted by Gasteiger charge is 2.35. The predicted octanol–water partition coefficient (Wildman–Crippen LogP) is 1.06. The molecule has 0 aromatic heterocycles. The molecule has 0 bridgehead atoms. The van der Waals surface area contributed by atoms with E-state index in [0.29, 0.717) is 12.8 Å². The maximum Gasteiger partial charge on any atom is 0.323 e. The van der Waals surface area contributed by atoms with Crippen molar-refractivity contribution in [1.29, 1.82) is 0 Å². The van der Waals surface area contributed by atoms with Crippen LogP contribution in [0.3, 0.4) is 0 Å². The van der Waals surface area contributed by atoms with Gasteiger partial charge in [0.15, 0.2) is 9.84 Å². The number of rotatable bonds is 8. The third kappa shape index (κ3) is 5.48. The average molecular weight is 305 g/mol. The van der Waals surface area contributed by atoms with Gasteiger partial charge in [0.25, 0.3) is 0 Å². The van der Waals surface area contributed by atoms with E-state index >= 15 is 0 Å². The van der Waals surface area contributed by atoms with E-state index in [1.807, 2.05) is 0 Å². The molecular formula is C13H23NO5S. The zero-order chi connectivity index (χ0) is 15.2. The van der Waals surface area contributed by atoms with Crippen LogP contribution in [-0.4, -0.2) is 54.4 Å². The summed E-state index contributed by atoms with van der Waals surface area (Å²) in [6.45, 7) is 1.66. The minimum absolute atomic E-state index is 0.0386. The van der Waals surface area contributed by atoms with Crippen LogP contribution in [0.2, 0.25) is 0 Å². The molecule has 20 heavy (non-hydrogen) atoms. The summed E-state index contributed by atoms with van der Waals surface area (Å²) < 4.78 is 22.9. The van der Waals surface area contributed by atoms with Crippen LogP contribution < -0.4 is 0 Å². The highest BCUT2D eigenvalue weighted by Crippen LogP contribution is 2.19. The molecule has 0 aromatic rings. The summed E-state index contributed by atoms with van der Waals surface area (Å²) in [5.74, 6) is -1.42. The lowest BCUT2D eigenvalue weighted by Gasteiger charge is -2.26. The summed E-state index contributed by atoms with van der Waals surface area (Å²) in [5.41, 5.74) is 0. The molecule has 0 radical (unpaired) electrons. The van der Waals surface area contributed by atoms with E-state index < -0.39 is 28.4 Å². The summed E-state index contributed by atoms with van der Waals surface area (Å²) in [4.78, 5) is 24.2. The van der Waals surface area contributed by atoms with E-state index in [0.717, 1.165) is 25.7 Å². The Morgan fingerprint density at radius 3 is 2.45 bits per heavy atom. The molecule has 116 valence electrons. The molecule has 1 aliphatic heterocycles. The molecule has 1 N–H and O–H groups in total. The first-order valence-corrected chi connectivity index (χ1v) is 8.89. The minimum Gasteiger partial charge on any atom is -0.480 e. The lowest BCUT2D eigenvalue weighted by Crippen LogP contribution is -2.44. The minimum atomic E-state index is -3.13. The van der Waals surface area contributed by atoms with Gasteiger partial charge in [0.05, 0.1) is 11.5 Å². The summed E-state index contributed by atoms with van der Waals surface area (Å²) in [6.07, 6.45) is 4.41. The van der Waals surface area contributed by atoms with Gasteiger partial charge in [0, 0.05) is 12.5 Å². The molecule has 6 nitrogen and oxygen atoms in total. The SMILES string of the molecule is CCCCCCC(=O)N(CC(=O)O)C1CCS(=O)(=O)C1. The van der Waals surface area contributed by atoms with Crippen molar-refractivity contribution >= 4 is 21.7 Å². The lowest BCUT2D eigenvalue weighted by atomic mass is 10.1. The maximum absolute atomic E-state index is 12.1. The van der Waals surface area contributed by atoms with Gasteiger partial charge in [0.1, 0.15) is 6.54 Å². The van der Waals surface area contributed by atoms with Crippen molar-refractivity contribution in [3.8, 4) is 0 Å². The molecular weight excluding hydrogens is 282 g/mol. The van der Waals surface area contributed by atoms with Crippen molar-refractivity contribution in [2.75, 3.05) is 18.1 Å². The standard InChI is InChI=1S/C13H23NO5S/c1-2-3-4-5-6-12(15)14(9-13(16)17)11-7-8-20(18,19)10-11/h11H,2-10H2,1H3,(H,16,17). The number of sulfone groups is 1. The molecule has 0 spiro atoms. The second kappa shape index (κ2) is 7.61. The Morgan fingerprint density at radius 2 is 1.95 bits per heavy atom. The van der Waals surface area contributed by atoms with E-state index in [-0.39, 0.29) is 17.4 Å². The van der Waals surface area contributed by atoms with Gasteiger partial charge in [-0.2, -0.15) is 0 Å². The first kappa shape index (κ1) is 16.9. The van der Waals surface area contributed by atoms with E-state index in [2.05, 4.69) is 6.92 Å². The number of nitrogens with zero attached hydrogens (tertiary/aromatic N) is 1. The number of amides is 1. The molecule has 1 rings (SSSR count). The van der Waals surface area contributed by atoms with Gasteiger partial charge in [-0.1, -0.05) is 26.2 Å². The number of hydrogen-bond donors (Lipinski definition) is 1. The second-order valence-electron chi connectivity index (χ2n) is 5.28. The van der Waals surface area contributed by atoms with Crippen LogP contribution in [0.4, 0.5) is 0 Å². The first-order valence-electron chi connectivity index (χ1n) is 7.07. The Bertz CT molecular complexity index is 446. The summed E-state index contributed by atoms with van der Waals surface area (Å²) in [5, 5.41) is 8.89. The van der Waals surface area contributed by atoms with Crippen molar-refractivity contribution < 1.29 is 23.1 Å². The van der Waals surface area contributed by atoms with Crippen molar-refractivity contribution in [1.82, 2.24) is 4.90 Å².